The Labute approximate surface area is 131 Å². The molecule has 0 saturated carbocycles. The molecule has 1 atom stereocenters. The van der Waals surface area contributed by atoms with E-state index in [1.165, 1.54) is 0 Å². The maximum Gasteiger partial charge on any atom is 0.315 e. The molecule has 2 N–H and O–H groups in total. The number of methoxy groups -OCH3 is 2. The van der Waals surface area contributed by atoms with Crippen LogP contribution in [0.2, 0.25) is 0 Å². The van der Waals surface area contributed by atoms with Gasteiger partial charge in [0.2, 0.25) is 0 Å². The van der Waals surface area contributed by atoms with Crippen LogP contribution in [0.4, 0.5) is 4.79 Å². The second-order valence-corrected chi connectivity index (χ2v) is 5.40. The summed E-state index contributed by atoms with van der Waals surface area (Å²) in [4.78, 5) is 11.8. The molecule has 1 aromatic carbocycles. The van der Waals surface area contributed by atoms with Crippen molar-refractivity contribution in [3.05, 3.63) is 35.9 Å². The maximum absolute atomic E-state index is 11.8. The van der Waals surface area contributed by atoms with Gasteiger partial charge in [-0.2, -0.15) is 0 Å². The van der Waals surface area contributed by atoms with Crippen LogP contribution in [0.3, 0.4) is 0 Å². The molecule has 1 unspecified atom stereocenters. The first kappa shape index (κ1) is 16.2. The van der Waals surface area contributed by atoms with Crippen molar-refractivity contribution in [3.63, 3.8) is 0 Å². The van der Waals surface area contributed by atoms with E-state index in [2.05, 4.69) is 22.8 Å². The standard InChI is InChI=1S/C17H24N2O3/c1-21-15-9-8-14(10-16(15)22-2)12-19-17(20)18-11-13-6-4-3-5-7-13/h3-4,8-10,13H,5-7,11-12H2,1-2H3,(H2,18,19,20). The fraction of sp³-hybridized carbons (Fsp3) is 0.471. The van der Waals surface area contributed by atoms with Crippen molar-refractivity contribution in [2.45, 2.75) is 25.8 Å². The molecule has 0 aliphatic heterocycles. The Kier molecular flexibility index (Phi) is 6.13. The van der Waals surface area contributed by atoms with Gasteiger partial charge in [-0.3, -0.25) is 0 Å². The highest BCUT2D eigenvalue weighted by molar-refractivity contribution is 5.73. The van der Waals surface area contributed by atoms with Crippen LogP contribution >= 0.6 is 0 Å². The van der Waals surface area contributed by atoms with E-state index < -0.39 is 0 Å². The Hall–Kier alpha value is -2.17. The lowest BCUT2D eigenvalue weighted by Crippen LogP contribution is -2.38. The molecule has 22 heavy (non-hydrogen) atoms. The van der Waals surface area contributed by atoms with Gasteiger partial charge in [-0.1, -0.05) is 18.2 Å². The van der Waals surface area contributed by atoms with Gasteiger partial charge in [-0.05, 0) is 42.9 Å². The third kappa shape index (κ3) is 4.69. The van der Waals surface area contributed by atoms with E-state index in [1.54, 1.807) is 14.2 Å². The van der Waals surface area contributed by atoms with Crippen molar-refractivity contribution < 1.29 is 14.3 Å². The first-order valence-electron chi connectivity index (χ1n) is 7.60. The summed E-state index contributed by atoms with van der Waals surface area (Å²) in [5.74, 6) is 1.90. The molecule has 0 heterocycles. The zero-order valence-electron chi connectivity index (χ0n) is 13.2. The normalized spacial score (nSPS) is 16.9. The highest BCUT2D eigenvalue weighted by Gasteiger charge is 2.11. The second-order valence-electron chi connectivity index (χ2n) is 5.40. The Morgan fingerprint density at radius 1 is 1.18 bits per heavy atom. The summed E-state index contributed by atoms with van der Waals surface area (Å²) >= 11 is 0. The molecule has 0 bridgehead atoms. The monoisotopic (exact) mass is 304 g/mol. The molecular formula is C17H24N2O3. The van der Waals surface area contributed by atoms with Gasteiger partial charge in [-0.15, -0.1) is 0 Å². The average Bonchev–Trinajstić information content (AvgIpc) is 2.58. The third-order valence-corrected chi connectivity index (χ3v) is 3.83. The molecule has 0 radical (unpaired) electrons. The summed E-state index contributed by atoms with van der Waals surface area (Å²) in [5.41, 5.74) is 0.966. The number of urea groups is 1. The van der Waals surface area contributed by atoms with Crippen molar-refractivity contribution >= 4 is 6.03 Å². The molecule has 0 spiro atoms. The van der Waals surface area contributed by atoms with Gasteiger partial charge in [0, 0.05) is 13.1 Å². The summed E-state index contributed by atoms with van der Waals surface area (Å²) in [7, 11) is 3.20. The molecule has 0 saturated heterocycles. The number of ether oxygens (including phenoxy) is 2. The van der Waals surface area contributed by atoms with Crippen molar-refractivity contribution in [2.24, 2.45) is 5.92 Å². The summed E-state index contributed by atoms with van der Waals surface area (Å²) in [5, 5.41) is 5.80. The van der Waals surface area contributed by atoms with Gasteiger partial charge in [0.1, 0.15) is 0 Å². The zero-order chi connectivity index (χ0) is 15.8. The van der Waals surface area contributed by atoms with Gasteiger partial charge in [0.05, 0.1) is 14.2 Å². The molecular weight excluding hydrogens is 280 g/mol. The minimum absolute atomic E-state index is 0.135. The van der Waals surface area contributed by atoms with E-state index in [0.29, 0.717) is 24.0 Å². The Bertz CT molecular complexity index is 529. The fourth-order valence-electron chi connectivity index (χ4n) is 2.51. The molecule has 1 aliphatic carbocycles. The van der Waals surface area contributed by atoms with Crippen molar-refractivity contribution in [1.29, 1.82) is 0 Å². The van der Waals surface area contributed by atoms with Gasteiger partial charge >= 0.3 is 6.03 Å². The highest BCUT2D eigenvalue weighted by atomic mass is 16.5. The molecule has 0 fully saturated rings. The van der Waals surface area contributed by atoms with Crippen LogP contribution in [0.5, 0.6) is 11.5 Å². The molecule has 2 rings (SSSR count). The number of hydrogen-bond acceptors (Lipinski definition) is 3. The maximum atomic E-state index is 11.8. The summed E-state index contributed by atoms with van der Waals surface area (Å²) in [6.07, 6.45) is 7.70. The highest BCUT2D eigenvalue weighted by Crippen LogP contribution is 2.27. The van der Waals surface area contributed by atoms with Crippen LogP contribution in [0.15, 0.2) is 30.4 Å². The summed E-state index contributed by atoms with van der Waals surface area (Å²) < 4.78 is 10.4. The van der Waals surface area contributed by atoms with Crippen LogP contribution < -0.4 is 20.1 Å². The SMILES string of the molecule is COc1ccc(CNC(=O)NCC2CC=CCC2)cc1OC. The minimum atomic E-state index is -0.135. The zero-order valence-corrected chi connectivity index (χ0v) is 13.2. The van der Waals surface area contributed by atoms with Crippen LogP contribution in [0.25, 0.3) is 0 Å². The van der Waals surface area contributed by atoms with Crippen LogP contribution in [0.1, 0.15) is 24.8 Å². The van der Waals surface area contributed by atoms with Gasteiger partial charge in [0.15, 0.2) is 11.5 Å². The lowest BCUT2D eigenvalue weighted by Gasteiger charge is -2.18. The average molecular weight is 304 g/mol. The van der Waals surface area contributed by atoms with E-state index >= 15 is 0 Å². The van der Waals surface area contributed by atoms with E-state index in [1.807, 2.05) is 18.2 Å². The number of allylic oxidation sites excluding steroid dienone is 2. The molecule has 5 nitrogen and oxygen atoms in total. The lowest BCUT2D eigenvalue weighted by atomic mass is 9.94. The predicted molar refractivity (Wildman–Crippen MR) is 86.3 cm³/mol. The molecule has 0 aromatic heterocycles. The quantitative estimate of drug-likeness (QED) is 0.795. The Balaban J connectivity index is 1.77. The Morgan fingerprint density at radius 2 is 2.00 bits per heavy atom. The van der Waals surface area contributed by atoms with Crippen molar-refractivity contribution in [2.75, 3.05) is 20.8 Å². The second kappa shape index (κ2) is 8.32. The van der Waals surface area contributed by atoms with Gasteiger partial charge in [0.25, 0.3) is 0 Å². The van der Waals surface area contributed by atoms with Gasteiger partial charge in [-0.25, -0.2) is 4.79 Å². The van der Waals surface area contributed by atoms with Crippen molar-refractivity contribution in [3.8, 4) is 11.5 Å². The van der Waals surface area contributed by atoms with Gasteiger partial charge < -0.3 is 20.1 Å². The number of carbonyl (C=O) groups excluding carboxylic acids is 1. The van der Waals surface area contributed by atoms with Crippen molar-refractivity contribution in [1.82, 2.24) is 10.6 Å². The number of rotatable bonds is 6. The van der Waals surface area contributed by atoms with E-state index in [-0.39, 0.29) is 6.03 Å². The lowest BCUT2D eigenvalue weighted by molar-refractivity contribution is 0.238. The molecule has 5 heteroatoms. The topological polar surface area (TPSA) is 59.6 Å². The van der Waals surface area contributed by atoms with E-state index in [0.717, 1.165) is 31.4 Å². The van der Waals surface area contributed by atoms with Crippen LogP contribution in [0, 0.1) is 5.92 Å². The number of hydrogen-bond donors (Lipinski definition) is 2. The fourth-order valence-corrected chi connectivity index (χ4v) is 2.51. The largest absolute Gasteiger partial charge is 0.493 e. The molecule has 1 aliphatic rings. The first-order chi connectivity index (χ1) is 10.7. The molecule has 120 valence electrons. The third-order valence-electron chi connectivity index (χ3n) is 3.83. The predicted octanol–water partition coefficient (Wildman–Crippen LogP) is 2.86. The molecule has 2 amide bonds. The first-order valence-corrected chi connectivity index (χ1v) is 7.60. The Morgan fingerprint density at radius 3 is 2.68 bits per heavy atom. The minimum Gasteiger partial charge on any atom is -0.493 e. The molecule has 1 aromatic rings. The number of amides is 2. The summed E-state index contributed by atoms with van der Waals surface area (Å²) in [6.45, 7) is 1.18. The van der Waals surface area contributed by atoms with E-state index in [4.69, 9.17) is 9.47 Å². The number of benzene rings is 1. The van der Waals surface area contributed by atoms with Crippen LogP contribution in [-0.4, -0.2) is 26.8 Å². The number of nitrogens with one attached hydrogen (secondary N) is 2. The number of carbonyl (C=O) groups is 1. The van der Waals surface area contributed by atoms with E-state index in [9.17, 15) is 4.79 Å². The summed E-state index contributed by atoms with van der Waals surface area (Å²) in [6, 6.07) is 5.48. The van der Waals surface area contributed by atoms with Crippen LogP contribution in [-0.2, 0) is 6.54 Å². The smallest absolute Gasteiger partial charge is 0.315 e.